The molecule has 162 valence electrons. The molecule has 3 rings (SSSR count). The molecule has 1 N–H and O–H groups in total. The molecular formula is C22H20F3N3O3. The van der Waals surface area contributed by atoms with Crippen molar-refractivity contribution in [2.24, 2.45) is 0 Å². The average Bonchev–Trinajstić information content (AvgIpc) is 3.06. The number of esters is 1. The SMILES string of the molecule is Cc1ccc(-n2nc(C)cc2NC(=O)COC(=O)Cc2ccc(C(F)(F)F)cc2)cc1. The lowest BCUT2D eigenvalue weighted by molar-refractivity contribution is -0.146. The number of carbonyl (C=O) groups is 2. The zero-order valence-electron chi connectivity index (χ0n) is 16.9. The van der Waals surface area contributed by atoms with Crippen molar-refractivity contribution in [1.29, 1.82) is 0 Å². The zero-order valence-corrected chi connectivity index (χ0v) is 16.9. The van der Waals surface area contributed by atoms with Crippen molar-refractivity contribution >= 4 is 17.7 Å². The molecule has 3 aromatic rings. The van der Waals surface area contributed by atoms with Gasteiger partial charge in [0, 0.05) is 6.07 Å². The van der Waals surface area contributed by atoms with Crippen LogP contribution in [0.3, 0.4) is 0 Å². The molecule has 0 saturated heterocycles. The van der Waals surface area contributed by atoms with E-state index in [-0.39, 0.29) is 6.42 Å². The molecule has 31 heavy (non-hydrogen) atoms. The second kappa shape index (κ2) is 9.03. The Balaban J connectivity index is 1.56. The lowest BCUT2D eigenvalue weighted by atomic mass is 10.1. The van der Waals surface area contributed by atoms with Crippen molar-refractivity contribution in [3.05, 3.63) is 77.0 Å². The van der Waals surface area contributed by atoms with E-state index in [1.807, 2.05) is 31.2 Å². The first-order valence-corrected chi connectivity index (χ1v) is 9.37. The maximum Gasteiger partial charge on any atom is 0.416 e. The van der Waals surface area contributed by atoms with E-state index in [0.29, 0.717) is 17.1 Å². The van der Waals surface area contributed by atoms with E-state index >= 15 is 0 Å². The molecule has 0 atom stereocenters. The van der Waals surface area contributed by atoms with Gasteiger partial charge in [0.15, 0.2) is 6.61 Å². The largest absolute Gasteiger partial charge is 0.455 e. The lowest BCUT2D eigenvalue weighted by Crippen LogP contribution is -2.23. The van der Waals surface area contributed by atoms with Gasteiger partial charge in [-0.2, -0.15) is 18.3 Å². The summed E-state index contributed by atoms with van der Waals surface area (Å²) in [5, 5.41) is 7.00. The van der Waals surface area contributed by atoms with Gasteiger partial charge in [-0.1, -0.05) is 29.8 Å². The molecule has 1 heterocycles. The Morgan fingerprint density at radius 1 is 1.03 bits per heavy atom. The third-order valence-corrected chi connectivity index (χ3v) is 4.37. The van der Waals surface area contributed by atoms with Crippen LogP contribution in [0.2, 0.25) is 0 Å². The molecule has 0 saturated carbocycles. The van der Waals surface area contributed by atoms with E-state index < -0.39 is 30.2 Å². The van der Waals surface area contributed by atoms with E-state index in [1.54, 1.807) is 17.7 Å². The van der Waals surface area contributed by atoms with E-state index in [9.17, 15) is 22.8 Å². The van der Waals surface area contributed by atoms with Crippen LogP contribution in [0, 0.1) is 13.8 Å². The minimum Gasteiger partial charge on any atom is -0.455 e. The van der Waals surface area contributed by atoms with Gasteiger partial charge in [-0.05, 0) is 43.7 Å². The molecule has 1 amide bonds. The fourth-order valence-electron chi connectivity index (χ4n) is 2.83. The van der Waals surface area contributed by atoms with Crippen LogP contribution in [-0.2, 0) is 26.9 Å². The first-order chi connectivity index (χ1) is 14.6. The highest BCUT2D eigenvalue weighted by molar-refractivity contribution is 5.92. The highest BCUT2D eigenvalue weighted by Crippen LogP contribution is 2.29. The first-order valence-electron chi connectivity index (χ1n) is 9.37. The summed E-state index contributed by atoms with van der Waals surface area (Å²) in [6.07, 6.45) is -4.69. The van der Waals surface area contributed by atoms with Gasteiger partial charge in [-0.25, -0.2) is 4.68 Å². The van der Waals surface area contributed by atoms with E-state index in [0.717, 1.165) is 23.4 Å². The average molecular weight is 431 g/mol. The Kier molecular flexibility index (Phi) is 6.43. The summed E-state index contributed by atoms with van der Waals surface area (Å²) in [4.78, 5) is 24.2. The number of ether oxygens (including phenoxy) is 1. The van der Waals surface area contributed by atoms with Crippen LogP contribution in [0.4, 0.5) is 19.0 Å². The molecule has 0 bridgehead atoms. The molecule has 0 fully saturated rings. The Hall–Kier alpha value is -3.62. The van der Waals surface area contributed by atoms with Crippen LogP contribution in [0.15, 0.2) is 54.6 Å². The van der Waals surface area contributed by atoms with Crippen molar-refractivity contribution in [2.75, 3.05) is 11.9 Å². The minimum absolute atomic E-state index is 0.244. The van der Waals surface area contributed by atoms with Gasteiger partial charge < -0.3 is 10.1 Å². The standard InChI is InChI=1S/C22H20F3N3O3/c1-14-3-9-18(10-4-14)28-19(11-15(2)27-28)26-20(29)13-31-21(30)12-16-5-7-17(8-6-16)22(23,24)25/h3-11H,12-13H2,1-2H3,(H,26,29). The number of aromatic nitrogens is 2. The molecule has 1 aromatic heterocycles. The molecule has 0 aliphatic carbocycles. The summed E-state index contributed by atoms with van der Waals surface area (Å²) in [5.41, 5.74) is 2.08. The molecule has 0 aliphatic rings. The van der Waals surface area contributed by atoms with Crippen LogP contribution < -0.4 is 5.32 Å². The molecular weight excluding hydrogens is 411 g/mol. The number of nitrogens with zero attached hydrogens (tertiary/aromatic N) is 2. The Bertz CT molecular complexity index is 1070. The predicted molar refractivity (Wildman–Crippen MR) is 108 cm³/mol. The van der Waals surface area contributed by atoms with Crippen molar-refractivity contribution in [3.63, 3.8) is 0 Å². The third kappa shape index (κ3) is 5.94. The monoisotopic (exact) mass is 431 g/mol. The third-order valence-electron chi connectivity index (χ3n) is 4.37. The summed E-state index contributed by atoms with van der Waals surface area (Å²) >= 11 is 0. The van der Waals surface area contributed by atoms with Gasteiger partial charge in [0.05, 0.1) is 23.4 Å². The fraction of sp³-hybridized carbons (Fsp3) is 0.227. The summed E-state index contributed by atoms with van der Waals surface area (Å²) in [6, 6.07) is 13.4. The fourth-order valence-corrected chi connectivity index (χ4v) is 2.83. The summed E-state index contributed by atoms with van der Waals surface area (Å²) < 4.78 is 44.3. The van der Waals surface area contributed by atoms with Crippen LogP contribution in [-0.4, -0.2) is 28.3 Å². The topological polar surface area (TPSA) is 73.2 Å². The summed E-state index contributed by atoms with van der Waals surface area (Å²) in [7, 11) is 0. The van der Waals surface area contributed by atoms with Crippen LogP contribution in [0.25, 0.3) is 5.69 Å². The number of rotatable bonds is 6. The number of benzene rings is 2. The summed E-state index contributed by atoms with van der Waals surface area (Å²) in [6.45, 7) is 3.21. The smallest absolute Gasteiger partial charge is 0.416 e. The number of anilines is 1. The number of hydrogen-bond acceptors (Lipinski definition) is 4. The predicted octanol–water partition coefficient (Wildman–Crippen LogP) is 4.23. The second-order valence-corrected chi connectivity index (χ2v) is 7.00. The van der Waals surface area contributed by atoms with Crippen molar-refractivity contribution in [1.82, 2.24) is 9.78 Å². The molecule has 0 spiro atoms. The van der Waals surface area contributed by atoms with Gasteiger partial charge in [-0.3, -0.25) is 9.59 Å². The normalized spacial score (nSPS) is 11.3. The second-order valence-electron chi connectivity index (χ2n) is 7.00. The minimum atomic E-state index is -4.44. The summed E-state index contributed by atoms with van der Waals surface area (Å²) in [5.74, 6) is -0.864. The number of alkyl halides is 3. The highest BCUT2D eigenvalue weighted by Gasteiger charge is 2.30. The van der Waals surface area contributed by atoms with E-state index in [2.05, 4.69) is 10.4 Å². The van der Waals surface area contributed by atoms with Crippen LogP contribution in [0.1, 0.15) is 22.4 Å². The van der Waals surface area contributed by atoms with Crippen molar-refractivity contribution in [2.45, 2.75) is 26.4 Å². The Morgan fingerprint density at radius 2 is 1.68 bits per heavy atom. The highest BCUT2D eigenvalue weighted by atomic mass is 19.4. The van der Waals surface area contributed by atoms with Crippen molar-refractivity contribution < 1.29 is 27.5 Å². The molecule has 2 aromatic carbocycles. The maximum atomic E-state index is 12.6. The molecule has 0 aliphatic heterocycles. The van der Waals surface area contributed by atoms with Crippen molar-refractivity contribution in [3.8, 4) is 5.69 Å². The van der Waals surface area contributed by atoms with Crippen LogP contribution >= 0.6 is 0 Å². The quantitative estimate of drug-likeness (QED) is 0.593. The first kappa shape index (κ1) is 22.1. The zero-order chi connectivity index (χ0) is 22.6. The number of aryl methyl sites for hydroxylation is 2. The Morgan fingerprint density at radius 3 is 2.29 bits per heavy atom. The number of nitrogens with one attached hydrogen (secondary N) is 1. The molecule has 0 unspecified atom stereocenters. The van der Waals surface area contributed by atoms with Gasteiger partial charge in [0.1, 0.15) is 5.82 Å². The van der Waals surface area contributed by atoms with Gasteiger partial charge >= 0.3 is 12.1 Å². The van der Waals surface area contributed by atoms with Crippen LogP contribution in [0.5, 0.6) is 0 Å². The van der Waals surface area contributed by atoms with E-state index in [4.69, 9.17) is 4.74 Å². The molecule has 0 radical (unpaired) electrons. The van der Waals surface area contributed by atoms with E-state index in [1.165, 1.54) is 12.1 Å². The molecule has 6 nitrogen and oxygen atoms in total. The number of carbonyl (C=O) groups excluding carboxylic acids is 2. The van der Waals surface area contributed by atoms with Gasteiger partial charge in [-0.15, -0.1) is 0 Å². The lowest BCUT2D eigenvalue weighted by Gasteiger charge is -2.10. The Labute approximate surface area is 176 Å². The number of halogens is 3. The number of amides is 1. The number of hydrogen-bond donors (Lipinski definition) is 1. The van der Waals surface area contributed by atoms with Gasteiger partial charge in [0.25, 0.3) is 5.91 Å². The van der Waals surface area contributed by atoms with Gasteiger partial charge in [0.2, 0.25) is 0 Å². The molecule has 9 heteroatoms. The maximum absolute atomic E-state index is 12.6.